The summed E-state index contributed by atoms with van der Waals surface area (Å²) in [5, 5.41) is 3.80. The van der Waals surface area contributed by atoms with Crippen LogP contribution in [0.4, 0.5) is 0 Å². The summed E-state index contributed by atoms with van der Waals surface area (Å²) in [5.74, 6) is 1.24. The number of hydrogen-bond acceptors (Lipinski definition) is 4. The topological polar surface area (TPSA) is 54.5 Å². The van der Waals surface area contributed by atoms with E-state index in [2.05, 4.69) is 36.3 Å². The van der Waals surface area contributed by atoms with E-state index in [1.165, 1.54) is 55.3 Å². The maximum Gasteiger partial charge on any atom is 0.226 e. The lowest BCUT2D eigenvalue weighted by Crippen LogP contribution is -2.42. The third-order valence-corrected chi connectivity index (χ3v) is 7.92. The Balaban J connectivity index is 0.000000821. The first-order valence-electron chi connectivity index (χ1n) is 13.8. The number of amides is 1. The van der Waals surface area contributed by atoms with Gasteiger partial charge in [0.1, 0.15) is 0 Å². The van der Waals surface area contributed by atoms with Gasteiger partial charge in [0.15, 0.2) is 0 Å². The fourth-order valence-corrected chi connectivity index (χ4v) is 6.10. The number of pyridine rings is 1. The number of aromatic nitrogens is 1. The van der Waals surface area contributed by atoms with E-state index < -0.39 is 0 Å². The van der Waals surface area contributed by atoms with E-state index in [-0.39, 0.29) is 5.92 Å². The van der Waals surface area contributed by atoms with Gasteiger partial charge in [-0.1, -0.05) is 45.6 Å². The SMILES string of the molecule is CCC.O=C(C1CCC(NC2CCOCC2)C1)N1CCc2ncc(C3CCCCC3)cc2C1. The van der Waals surface area contributed by atoms with Crippen LogP contribution in [0.2, 0.25) is 0 Å². The summed E-state index contributed by atoms with van der Waals surface area (Å²) < 4.78 is 5.47. The molecule has 2 aliphatic carbocycles. The number of nitrogens with zero attached hydrogens (tertiary/aromatic N) is 2. The number of nitrogens with one attached hydrogen (secondary N) is 1. The van der Waals surface area contributed by atoms with Crippen molar-refractivity contribution in [2.45, 2.75) is 115 Å². The van der Waals surface area contributed by atoms with Crippen LogP contribution < -0.4 is 5.32 Å². The Morgan fingerprint density at radius 1 is 1.06 bits per heavy atom. The molecule has 33 heavy (non-hydrogen) atoms. The number of carbonyl (C=O) groups is 1. The molecule has 1 N–H and O–H groups in total. The molecule has 0 bridgehead atoms. The van der Waals surface area contributed by atoms with Crippen LogP contribution in [0.1, 0.15) is 107 Å². The highest BCUT2D eigenvalue weighted by Gasteiger charge is 2.35. The van der Waals surface area contributed by atoms with Crippen LogP contribution in [0.3, 0.4) is 0 Å². The summed E-state index contributed by atoms with van der Waals surface area (Å²) in [6.07, 6.45) is 16.3. The van der Waals surface area contributed by atoms with E-state index in [9.17, 15) is 4.79 Å². The second-order valence-corrected chi connectivity index (χ2v) is 10.7. The molecular weight excluding hydrogens is 410 g/mol. The van der Waals surface area contributed by atoms with Crippen molar-refractivity contribution >= 4 is 5.91 Å². The van der Waals surface area contributed by atoms with Gasteiger partial charge in [-0.15, -0.1) is 0 Å². The Bertz CT molecular complexity index is 756. The fourth-order valence-electron chi connectivity index (χ4n) is 6.10. The average molecular weight is 456 g/mol. The highest BCUT2D eigenvalue weighted by molar-refractivity contribution is 5.79. The summed E-state index contributed by atoms with van der Waals surface area (Å²) >= 11 is 0. The molecule has 2 atom stereocenters. The predicted octanol–water partition coefficient (Wildman–Crippen LogP) is 5.37. The summed E-state index contributed by atoms with van der Waals surface area (Å²) in [7, 11) is 0. The lowest BCUT2D eigenvalue weighted by molar-refractivity contribution is -0.136. The molecule has 1 saturated heterocycles. The average Bonchev–Trinajstić information content (AvgIpc) is 3.33. The molecule has 1 aromatic rings. The normalized spacial score (nSPS) is 26.4. The molecule has 0 spiro atoms. The van der Waals surface area contributed by atoms with E-state index in [4.69, 9.17) is 9.72 Å². The van der Waals surface area contributed by atoms with Gasteiger partial charge in [-0.2, -0.15) is 0 Å². The molecular formula is C28H45N3O2. The van der Waals surface area contributed by atoms with Crippen LogP contribution in [0.5, 0.6) is 0 Å². The first-order valence-corrected chi connectivity index (χ1v) is 13.8. The zero-order valence-corrected chi connectivity index (χ0v) is 21.0. The Morgan fingerprint density at radius 3 is 2.58 bits per heavy atom. The molecule has 2 saturated carbocycles. The summed E-state index contributed by atoms with van der Waals surface area (Å²) in [4.78, 5) is 20.2. The maximum absolute atomic E-state index is 13.3. The molecule has 5 rings (SSSR count). The second-order valence-electron chi connectivity index (χ2n) is 10.7. The molecule has 1 amide bonds. The molecule has 3 fully saturated rings. The monoisotopic (exact) mass is 455 g/mol. The van der Waals surface area contributed by atoms with Gasteiger partial charge in [-0.25, -0.2) is 0 Å². The van der Waals surface area contributed by atoms with Gasteiger partial charge in [0.05, 0.1) is 0 Å². The zero-order valence-electron chi connectivity index (χ0n) is 21.0. The molecule has 2 unspecified atom stereocenters. The van der Waals surface area contributed by atoms with Crippen molar-refractivity contribution in [2.24, 2.45) is 5.92 Å². The first kappa shape index (κ1) is 24.7. The molecule has 184 valence electrons. The highest BCUT2D eigenvalue weighted by Crippen LogP contribution is 2.34. The quantitative estimate of drug-likeness (QED) is 0.663. The van der Waals surface area contributed by atoms with Gasteiger partial charge in [-0.05, 0) is 62.0 Å². The van der Waals surface area contributed by atoms with E-state index in [0.717, 1.165) is 64.8 Å². The van der Waals surface area contributed by atoms with Gasteiger partial charge < -0.3 is 15.0 Å². The largest absolute Gasteiger partial charge is 0.381 e. The molecule has 1 aromatic heterocycles. The zero-order chi connectivity index (χ0) is 23.0. The van der Waals surface area contributed by atoms with E-state index >= 15 is 0 Å². The van der Waals surface area contributed by atoms with Crippen molar-refractivity contribution in [1.29, 1.82) is 0 Å². The van der Waals surface area contributed by atoms with Crippen molar-refractivity contribution < 1.29 is 9.53 Å². The minimum Gasteiger partial charge on any atom is -0.381 e. The summed E-state index contributed by atoms with van der Waals surface area (Å²) in [6, 6.07) is 3.45. The summed E-state index contributed by atoms with van der Waals surface area (Å²) in [6.45, 7) is 7.58. The van der Waals surface area contributed by atoms with Crippen LogP contribution in [0, 0.1) is 5.92 Å². The fraction of sp³-hybridized carbons (Fsp3) is 0.786. The minimum atomic E-state index is 0.193. The van der Waals surface area contributed by atoms with Crippen LogP contribution >= 0.6 is 0 Å². The van der Waals surface area contributed by atoms with Crippen molar-refractivity contribution in [3.8, 4) is 0 Å². The third-order valence-electron chi connectivity index (χ3n) is 7.92. The van der Waals surface area contributed by atoms with Gasteiger partial charge in [-0.3, -0.25) is 9.78 Å². The van der Waals surface area contributed by atoms with Crippen LogP contribution in [-0.2, 0) is 22.5 Å². The Labute approximate surface area is 201 Å². The van der Waals surface area contributed by atoms with Crippen LogP contribution in [0.25, 0.3) is 0 Å². The van der Waals surface area contributed by atoms with Crippen LogP contribution in [0.15, 0.2) is 12.3 Å². The van der Waals surface area contributed by atoms with Gasteiger partial charge >= 0.3 is 0 Å². The smallest absolute Gasteiger partial charge is 0.226 e. The molecule has 5 nitrogen and oxygen atoms in total. The highest BCUT2D eigenvalue weighted by atomic mass is 16.5. The molecule has 0 radical (unpaired) electrons. The van der Waals surface area contributed by atoms with E-state index in [0.29, 0.717) is 23.9 Å². The number of hydrogen-bond donors (Lipinski definition) is 1. The lowest BCUT2D eigenvalue weighted by Gasteiger charge is -2.32. The van der Waals surface area contributed by atoms with Gasteiger partial charge in [0, 0.05) is 62.6 Å². The molecule has 0 aromatic carbocycles. The maximum atomic E-state index is 13.3. The van der Waals surface area contributed by atoms with Crippen molar-refractivity contribution in [3.63, 3.8) is 0 Å². The summed E-state index contributed by atoms with van der Waals surface area (Å²) in [5.41, 5.74) is 3.92. The molecule has 5 heteroatoms. The van der Waals surface area contributed by atoms with E-state index in [1.54, 1.807) is 0 Å². The molecule has 4 aliphatic rings. The van der Waals surface area contributed by atoms with Crippen molar-refractivity contribution in [3.05, 3.63) is 29.1 Å². The van der Waals surface area contributed by atoms with Crippen LogP contribution in [-0.4, -0.2) is 47.6 Å². The van der Waals surface area contributed by atoms with Gasteiger partial charge in [0.25, 0.3) is 0 Å². The lowest BCUT2D eigenvalue weighted by atomic mass is 9.84. The Kier molecular flexibility index (Phi) is 9.19. The predicted molar refractivity (Wildman–Crippen MR) is 133 cm³/mol. The third kappa shape index (κ3) is 6.57. The number of rotatable bonds is 4. The minimum absolute atomic E-state index is 0.193. The second kappa shape index (κ2) is 12.3. The molecule has 3 heterocycles. The Morgan fingerprint density at radius 2 is 1.82 bits per heavy atom. The first-order chi connectivity index (χ1) is 16.2. The Hall–Kier alpha value is -1.46. The number of ether oxygens (including phenoxy) is 1. The van der Waals surface area contributed by atoms with E-state index in [1.807, 2.05) is 0 Å². The number of carbonyl (C=O) groups excluding carboxylic acids is 1. The van der Waals surface area contributed by atoms with Crippen molar-refractivity contribution in [2.75, 3.05) is 19.8 Å². The molecule has 2 aliphatic heterocycles. The standard InChI is InChI=1S/C25H37N3O2.C3H8/c29-25(19-6-7-23(15-19)27-22-9-12-30-13-10-22)28-11-8-24-21(17-28)14-20(16-26-24)18-4-2-1-3-5-18;1-3-2/h14,16,18-19,22-23,27H,1-13,15,17H2;3H2,1-2H3. The van der Waals surface area contributed by atoms with Gasteiger partial charge in [0.2, 0.25) is 5.91 Å². The number of fused-ring (bicyclic) bond motifs is 1. The van der Waals surface area contributed by atoms with Crippen molar-refractivity contribution in [1.82, 2.24) is 15.2 Å².